The summed E-state index contributed by atoms with van der Waals surface area (Å²) < 4.78 is 0. The minimum Gasteiger partial charge on any atom is -0.389 e. The van der Waals surface area contributed by atoms with E-state index in [0.29, 0.717) is 0 Å². The van der Waals surface area contributed by atoms with Crippen LogP contribution in [0, 0.1) is 5.41 Å². The summed E-state index contributed by atoms with van der Waals surface area (Å²) in [5.74, 6) is 0. The zero-order valence-corrected chi connectivity index (χ0v) is 10.3. The highest BCUT2D eigenvalue weighted by Gasteiger charge is 2.44. The van der Waals surface area contributed by atoms with Crippen LogP contribution in [-0.4, -0.2) is 11.2 Å². The van der Waals surface area contributed by atoms with Crippen LogP contribution >= 0.6 is 0 Å². The molecular weight excluding hydrogens is 196 g/mol. The highest BCUT2D eigenvalue weighted by atomic mass is 16.3. The summed E-state index contributed by atoms with van der Waals surface area (Å²) in [6.07, 6.45) is 1.53. The lowest BCUT2D eigenvalue weighted by atomic mass is 9.98. The van der Waals surface area contributed by atoms with E-state index in [1.54, 1.807) is 0 Å². The molecule has 1 heteroatoms. The zero-order chi connectivity index (χ0) is 11.8. The Morgan fingerprint density at radius 3 is 2.25 bits per heavy atom. The monoisotopic (exact) mass is 216 g/mol. The molecule has 16 heavy (non-hydrogen) atoms. The van der Waals surface area contributed by atoms with Crippen molar-refractivity contribution in [3.63, 3.8) is 0 Å². The van der Waals surface area contributed by atoms with E-state index in [-0.39, 0.29) is 11.5 Å². The predicted octanol–water partition coefficient (Wildman–Crippen LogP) is 3.34. The van der Waals surface area contributed by atoms with Gasteiger partial charge in [0.25, 0.3) is 0 Å². The van der Waals surface area contributed by atoms with E-state index in [1.165, 1.54) is 16.7 Å². The quantitative estimate of drug-likeness (QED) is 0.765. The van der Waals surface area contributed by atoms with Gasteiger partial charge in [0, 0.05) is 5.41 Å². The number of benzene rings is 1. The van der Waals surface area contributed by atoms with Crippen molar-refractivity contribution in [1.29, 1.82) is 0 Å². The highest BCUT2D eigenvalue weighted by Crippen LogP contribution is 2.53. The maximum atomic E-state index is 10.1. The van der Waals surface area contributed by atoms with Gasteiger partial charge in [0.05, 0.1) is 6.10 Å². The normalized spacial score (nSPS) is 19.8. The molecule has 1 nitrogen and oxygen atoms in total. The third-order valence-electron chi connectivity index (χ3n) is 3.83. The number of hydrogen-bond donors (Lipinski definition) is 1. The third kappa shape index (κ3) is 2.05. The molecule has 1 aliphatic carbocycles. The van der Waals surface area contributed by atoms with Crippen LogP contribution in [0.15, 0.2) is 41.5 Å². The lowest BCUT2D eigenvalue weighted by Crippen LogP contribution is -2.11. The molecule has 0 amide bonds. The first-order valence-electron chi connectivity index (χ1n) is 5.97. The molecule has 1 N–H and O–H groups in total. The molecule has 0 aliphatic heterocycles. The van der Waals surface area contributed by atoms with Crippen molar-refractivity contribution < 1.29 is 5.11 Å². The minimum absolute atomic E-state index is 0.177. The molecule has 2 rings (SSSR count). The van der Waals surface area contributed by atoms with Gasteiger partial charge >= 0.3 is 0 Å². The van der Waals surface area contributed by atoms with E-state index in [0.717, 1.165) is 12.8 Å². The van der Waals surface area contributed by atoms with Crippen molar-refractivity contribution >= 4 is 0 Å². The molecule has 1 aromatic rings. The Morgan fingerprint density at radius 2 is 1.75 bits per heavy atom. The molecule has 1 atom stereocenters. The number of aliphatic hydroxyl groups is 1. The van der Waals surface area contributed by atoms with Gasteiger partial charge < -0.3 is 5.11 Å². The summed E-state index contributed by atoms with van der Waals surface area (Å²) in [6, 6.07) is 10.4. The molecule has 0 unspecified atom stereocenters. The van der Waals surface area contributed by atoms with Gasteiger partial charge in [-0.05, 0) is 30.9 Å². The van der Waals surface area contributed by atoms with Crippen LogP contribution in [0.1, 0.15) is 32.8 Å². The lowest BCUT2D eigenvalue weighted by molar-refractivity contribution is 0.196. The predicted molar refractivity (Wildman–Crippen MR) is 67.3 cm³/mol. The lowest BCUT2D eigenvalue weighted by Gasteiger charge is -2.11. The second kappa shape index (κ2) is 4.06. The van der Waals surface area contributed by atoms with Crippen molar-refractivity contribution in [3.05, 3.63) is 47.0 Å². The molecule has 0 saturated carbocycles. The van der Waals surface area contributed by atoms with Crippen molar-refractivity contribution in [3.8, 4) is 0 Å². The smallest absolute Gasteiger partial charge is 0.0764 e. The molecule has 0 radical (unpaired) electrons. The standard InChI is InChI=1S/C15H20O/c1-11-14(15(11,2)3)13(16)10-9-12-7-5-4-6-8-12/h4-8,13,16H,9-10H2,1-3H3/t13-/m0/s1. The number of allylic oxidation sites excluding steroid dienone is 1. The molecule has 0 spiro atoms. The molecule has 1 aliphatic rings. The largest absolute Gasteiger partial charge is 0.389 e. The Kier molecular flexibility index (Phi) is 2.90. The van der Waals surface area contributed by atoms with Gasteiger partial charge in [0.2, 0.25) is 0 Å². The fourth-order valence-corrected chi connectivity index (χ4v) is 2.45. The molecule has 0 saturated heterocycles. The molecule has 86 valence electrons. The fourth-order valence-electron chi connectivity index (χ4n) is 2.45. The summed E-state index contributed by atoms with van der Waals surface area (Å²) in [4.78, 5) is 0. The van der Waals surface area contributed by atoms with Crippen molar-refractivity contribution in [2.45, 2.75) is 39.7 Å². The second-order valence-electron chi connectivity index (χ2n) is 5.20. The first-order chi connectivity index (χ1) is 7.53. The Hall–Kier alpha value is -1.08. The number of hydrogen-bond acceptors (Lipinski definition) is 1. The molecule has 0 aromatic heterocycles. The first kappa shape index (κ1) is 11.4. The topological polar surface area (TPSA) is 20.2 Å². The molecule has 0 heterocycles. The summed E-state index contributed by atoms with van der Waals surface area (Å²) in [5, 5.41) is 10.1. The van der Waals surface area contributed by atoms with Gasteiger partial charge in [0.1, 0.15) is 0 Å². The number of aryl methyl sites for hydroxylation is 1. The van der Waals surface area contributed by atoms with Crippen LogP contribution in [0.25, 0.3) is 0 Å². The van der Waals surface area contributed by atoms with E-state index < -0.39 is 0 Å². The average molecular weight is 216 g/mol. The molecule has 0 bridgehead atoms. The summed E-state index contributed by atoms with van der Waals surface area (Å²) in [6.45, 7) is 6.49. The Labute approximate surface area is 97.8 Å². The van der Waals surface area contributed by atoms with E-state index in [2.05, 4.69) is 32.9 Å². The van der Waals surface area contributed by atoms with E-state index in [1.807, 2.05) is 18.2 Å². The summed E-state index contributed by atoms with van der Waals surface area (Å²) in [5.41, 5.74) is 4.10. The zero-order valence-electron chi connectivity index (χ0n) is 10.3. The van der Waals surface area contributed by atoms with E-state index in [4.69, 9.17) is 0 Å². The van der Waals surface area contributed by atoms with E-state index in [9.17, 15) is 5.11 Å². The molecular formula is C15H20O. The Balaban J connectivity index is 1.89. The fraction of sp³-hybridized carbons (Fsp3) is 0.467. The van der Waals surface area contributed by atoms with Crippen LogP contribution in [-0.2, 0) is 6.42 Å². The Bertz CT molecular complexity index is 401. The maximum Gasteiger partial charge on any atom is 0.0764 e. The van der Waals surface area contributed by atoms with Gasteiger partial charge in [-0.1, -0.05) is 49.8 Å². The van der Waals surface area contributed by atoms with Crippen molar-refractivity contribution in [2.24, 2.45) is 5.41 Å². The van der Waals surface area contributed by atoms with Crippen LogP contribution in [0.3, 0.4) is 0 Å². The van der Waals surface area contributed by atoms with E-state index >= 15 is 0 Å². The third-order valence-corrected chi connectivity index (χ3v) is 3.83. The second-order valence-corrected chi connectivity index (χ2v) is 5.20. The summed E-state index contributed by atoms with van der Waals surface area (Å²) >= 11 is 0. The summed E-state index contributed by atoms with van der Waals surface area (Å²) in [7, 11) is 0. The van der Waals surface area contributed by atoms with Gasteiger partial charge in [-0.2, -0.15) is 0 Å². The van der Waals surface area contributed by atoms with Crippen LogP contribution in [0.5, 0.6) is 0 Å². The number of rotatable bonds is 4. The van der Waals surface area contributed by atoms with Gasteiger partial charge in [-0.25, -0.2) is 0 Å². The Morgan fingerprint density at radius 1 is 1.19 bits per heavy atom. The van der Waals surface area contributed by atoms with Crippen LogP contribution in [0.4, 0.5) is 0 Å². The van der Waals surface area contributed by atoms with Crippen molar-refractivity contribution in [2.75, 3.05) is 0 Å². The van der Waals surface area contributed by atoms with Gasteiger partial charge in [-0.15, -0.1) is 0 Å². The maximum absolute atomic E-state index is 10.1. The number of aliphatic hydroxyl groups excluding tert-OH is 1. The minimum atomic E-state index is -0.254. The molecule has 0 fully saturated rings. The van der Waals surface area contributed by atoms with Gasteiger partial charge in [0.15, 0.2) is 0 Å². The van der Waals surface area contributed by atoms with Crippen LogP contribution < -0.4 is 0 Å². The first-order valence-corrected chi connectivity index (χ1v) is 5.97. The highest BCUT2D eigenvalue weighted by molar-refractivity contribution is 5.48. The SMILES string of the molecule is CC1=C([C@@H](O)CCc2ccccc2)C1(C)C. The van der Waals surface area contributed by atoms with Gasteiger partial charge in [-0.3, -0.25) is 0 Å². The van der Waals surface area contributed by atoms with Crippen LogP contribution in [0.2, 0.25) is 0 Å². The average Bonchev–Trinajstić information content (AvgIpc) is 2.76. The van der Waals surface area contributed by atoms with Crippen molar-refractivity contribution in [1.82, 2.24) is 0 Å². The molecule has 1 aromatic carbocycles.